The summed E-state index contributed by atoms with van der Waals surface area (Å²) in [5.41, 5.74) is 2.17. The Morgan fingerprint density at radius 2 is 2.00 bits per heavy atom. The molecule has 0 saturated carbocycles. The van der Waals surface area contributed by atoms with Crippen LogP contribution >= 0.6 is 12.2 Å². The van der Waals surface area contributed by atoms with Gasteiger partial charge in [-0.2, -0.15) is 0 Å². The van der Waals surface area contributed by atoms with Gasteiger partial charge in [0.05, 0.1) is 5.16 Å². The molecular formula is C12H13NO2S. The molecule has 0 aromatic heterocycles. The molecule has 0 heterocycles. The normalized spacial score (nSPS) is 11.6. The van der Waals surface area contributed by atoms with E-state index in [0.29, 0.717) is 6.42 Å². The molecule has 1 aromatic rings. The Hall–Kier alpha value is -1.51. The maximum atomic E-state index is 10.8. The van der Waals surface area contributed by atoms with Gasteiger partial charge in [0.2, 0.25) is 0 Å². The summed E-state index contributed by atoms with van der Waals surface area (Å²) in [7, 11) is 0. The molecule has 0 unspecified atom stereocenters. The molecule has 1 N–H and O–H groups in total. The van der Waals surface area contributed by atoms with Gasteiger partial charge in [-0.3, -0.25) is 0 Å². The topological polar surface area (TPSA) is 49.7 Å². The number of nitrogens with zero attached hydrogens (tertiary/aromatic N) is 1. The third-order valence-corrected chi connectivity index (χ3v) is 2.46. The van der Waals surface area contributed by atoms with Crippen LogP contribution in [0.2, 0.25) is 0 Å². The summed E-state index contributed by atoms with van der Waals surface area (Å²) in [5.74, 6) is -0.975. The Balaban J connectivity index is 2.77. The number of aryl methyl sites for hydroxylation is 1. The monoisotopic (exact) mass is 235 g/mol. The fourth-order valence-corrected chi connectivity index (χ4v) is 1.51. The average Bonchev–Trinajstić information content (AvgIpc) is 2.29. The number of carboxylic acid groups (broad SMARTS) is 1. The van der Waals surface area contributed by atoms with Crippen LogP contribution < -0.4 is 0 Å². The molecule has 1 aromatic carbocycles. The van der Waals surface area contributed by atoms with Crippen LogP contribution in [0.15, 0.2) is 29.3 Å². The van der Waals surface area contributed by atoms with E-state index in [1.165, 1.54) is 5.56 Å². The zero-order valence-corrected chi connectivity index (χ0v) is 9.83. The van der Waals surface area contributed by atoms with Crippen LogP contribution in [0.25, 0.3) is 0 Å². The largest absolute Gasteiger partial charge is 0.480 e. The first-order chi connectivity index (χ1) is 7.67. The molecule has 0 aliphatic rings. The van der Waals surface area contributed by atoms with Crippen LogP contribution in [-0.2, 0) is 17.6 Å². The van der Waals surface area contributed by atoms with Crippen molar-refractivity contribution in [2.75, 3.05) is 0 Å². The Kier molecular flexibility index (Phi) is 4.83. The van der Waals surface area contributed by atoms with E-state index in [2.05, 4.69) is 29.3 Å². The number of hydrogen-bond acceptors (Lipinski definition) is 3. The standard InChI is InChI=1S/C12H13NO2S/c1-2-9-3-5-10(6-4-9)7-11(12(14)15)13-8-16/h3-6,11H,2,7H2,1H3,(H,14,15)/t11-/m0/s1. The molecule has 1 atom stereocenters. The molecule has 0 bridgehead atoms. The summed E-state index contributed by atoms with van der Waals surface area (Å²) in [4.78, 5) is 14.5. The van der Waals surface area contributed by atoms with Crippen molar-refractivity contribution in [1.29, 1.82) is 0 Å². The van der Waals surface area contributed by atoms with Gasteiger partial charge in [-0.25, -0.2) is 9.79 Å². The number of isothiocyanates is 1. The molecule has 0 radical (unpaired) electrons. The minimum atomic E-state index is -0.975. The lowest BCUT2D eigenvalue weighted by atomic mass is 10.0. The van der Waals surface area contributed by atoms with Crippen molar-refractivity contribution in [3.05, 3.63) is 35.4 Å². The van der Waals surface area contributed by atoms with Crippen molar-refractivity contribution < 1.29 is 9.90 Å². The molecule has 0 fully saturated rings. The molecule has 0 amide bonds. The number of rotatable bonds is 5. The first-order valence-corrected chi connectivity index (χ1v) is 5.45. The molecule has 0 aliphatic heterocycles. The Morgan fingerprint density at radius 3 is 2.44 bits per heavy atom. The van der Waals surface area contributed by atoms with Crippen LogP contribution in [0.3, 0.4) is 0 Å². The van der Waals surface area contributed by atoms with Crippen molar-refractivity contribution in [3.63, 3.8) is 0 Å². The van der Waals surface area contributed by atoms with Crippen molar-refractivity contribution in [1.82, 2.24) is 0 Å². The summed E-state index contributed by atoms with van der Waals surface area (Å²) in [6.07, 6.45) is 1.32. The van der Waals surface area contributed by atoms with E-state index in [9.17, 15) is 4.79 Å². The van der Waals surface area contributed by atoms with E-state index in [-0.39, 0.29) is 0 Å². The van der Waals surface area contributed by atoms with Crippen molar-refractivity contribution in [2.24, 2.45) is 4.99 Å². The summed E-state index contributed by atoms with van der Waals surface area (Å²) < 4.78 is 0. The van der Waals surface area contributed by atoms with Crippen LogP contribution in [0.5, 0.6) is 0 Å². The second-order valence-corrected chi connectivity index (χ2v) is 3.63. The molecule has 4 heteroatoms. The Morgan fingerprint density at radius 1 is 1.44 bits per heavy atom. The fraction of sp³-hybridized carbons (Fsp3) is 0.333. The number of aliphatic carboxylic acids is 1. The highest BCUT2D eigenvalue weighted by atomic mass is 32.1. The minimum Gasteiger partial charge on any atom is -0.480 e. The van der Waals surface area contributed by atoms with E-state index in [0.717, 1.165) is 12.0 Å². The van der Waals surface area contributed by atoms with Gasteiger partial charge in [0, 0.05) is 6.42 Å². The lowest BCUT2D eigenvalue weighted by molar-refractivity contribution is -0.138. The summed E-state index contributed by atoms with van der Waals surface area (Å²) in [5, 5.41) is 11.0. The molecule has 84 valence electrons. The fourth-order valence-electron chi connectivity index (χ4n) is 1.39. The van der Waals surface area contributed by atoms with Crippen LogP contribution in [0.4, 0.5) is 0 Å². The van der Waals surface area contributed by atoms with Crippen LogP contribution in [0, 0.1) is 0 Å². The number of benzene rings is 1. The summed E-state index contributed by atoms with van der Waals surface area (Å²) in [6, 6.07) is 7.01. The zero-order chi connectivity index (χ0) is 12.0. The maximum Gasteiger partial charge on any atom is 0.329 e. The molecule has 0 spiro atoms. The van der Waals surface area contributed by atoms with Crippen molar-refractivity contribution >= 4 is 23.3 Å². The summed E-state index contributed by atoms with van der Waals surface area (Å²) >= 11 is 4.42. The second-order valence-electron chi connectivity index (χ2n) is 3.45. The van der Waals surface area contributed by atoms with E-state index < -0.39 is 12.0 Å². The van der Waals surface area contributed by atoms with Crippen molar-refractivity contribution in [3.8, 4) is 0 Å². The van der Waals surface area contributed by atoms with Gasteiger partial charge in [-0.05, 0) is 29.8 Å². The highest BCUT2D eigenvalue weighted by Gasteiger charge is 2.15. The lowest BCUT2D eigenvalue weighted by Crippen LogP contribution is -2.20. The minimum absolute atomic E-state index is 0.350. The van der Waals surface area contributed by atoms with Gasteiger partial charge in [0.1, 0.15) is 0 Å². The van der Waals surface area contributed by atoms with E-state index in [4.69, 9.17) is 5.11 Å². The summed E-state index contributed by atoms with van der Waals surface area (Å²) in [6.45, 7) is 2.07. The Labute approximate surface area is 99.8 Å². The predicted octanol–water partition coefficient (Wildman–Crippen LogP) is 2.35. The van der Waals surface area contributed by atoms with Gasteiger partial charge < -0.3 is 5.11 Å². The highest BCUT2D eigenvalue weighted by molar-refractivity contribution is 7.78. The van der Waals surface area contributed by atoms with E-state index >= 15 is 0 Å². The van der Waals surface area contributed by atoms with Crippen LogP contribution in [0.1, 0.15) is 18.1 Å². The van der Waals surface area contributed by atoms with Gasteiger partial charge >= 0.3 is 5.97 Å². The number of aliphatic imine (C=N–C) groups is 1. The number of carboxylic acids is 1. The van der Waals surface area contributed by atoms with Crippen molar-refractivity contribution in [2.45, 2.75) is 25.8 Å². The SMILES string of the molecule is CCc1ccc(C[C@H](N=C=S)C(=O)O)cc1. The molecule has 0 aliphatic carbocycles. The molecule has 1 rings (SSSR count). The van der Waals surface area contributed by atoms with Gasteiger partial charge in [-0.15, -0.1) is 0 Å². The molecule has 16 heavy (non-hydrogen) atoms. The average molecular weight is 235 g/mol. The number of thiocarbonyl (C=S) groups is 1. The first-order valence-electron chi connectivity index (χ1n) is 5.05. The molecule has 3 nitrogen and oxygen atoms in total. The van der Waals surface area contributed by atoms with Gasteiger partial charge in [0.25, 0.3) is 0 Å². The molecule has 0 saturated heterocycles. The second kappa shape index (κ2) is 6.16. The zero-order valence-electron chi connectivity index (χ0n) is 9.01. The smallest absolute Gasteiger partial charge is 0.329 e. The maximum absolute atomic E-state index is 10.8. The number of carbonyl (C=O) groups is 1. The quantitative estimate of drug-likeness (QED) is 0.629. The van der Waals surface area contributed by atoms with Gasteiger partial charge in [0.15, 0.2) is 6.04 Å². The van der Waals surface area contributed by atoms with E-state index in [1.54, 1.807) is 0 Å². The number of hydrogen-bond donors (Lipinski definition) is 1. The van der Waals surface area contributed by atoms with Gasteiger partial charge in [-0.1, -0.05) is 31.2 Å². The third kappa shape index (κ3) is 3.57. The van der Waals surface area contributed by atoms with E-state index in [1.807, 2.05) is 24.3 Å². The predicted molar refractivity (Wildman–Crippen MR) is 66.0 cm³/mol. The highest BCUT2D eigenvalue weighted by Crippen LogP contribution is 2.09. The third-order valence-electron chi connectivity index (χ3n) is 2.35. The Bertz CT molecular complexity index is 406. The lowest BCUT2D eigenvalue weighted by Gasteiger charge is -2.06. The van der Waals surface area contributed by atoms with Crippen LogP contribution in [-0.4, -0.2) is 22.3 Å². The molecular weight excluding hydrogens is 222 g/mol. The first kappa shape index (κ1) is 12.6.